The van der Waals surface area contributed by atoms with E-state index in [1.54, 1.807) is 17.0 Å². The predicted molar refractivity (Wildman–Crippen MR) is 115 cm³/mol. The molecule has 2 aliphatic rings. The van der Waals surface area contributed by atoms with Gasteiger partial charge >= 0.3 is 0 Å². The van der Waals surface area contributed by atoms with Crippen molar-refractivity contribution in [1.82, 2.24) is 19.4 Å². The summed E-state index contributed by atoms with van der Waals surface area (Å²) in [4.78, 5) is 24.4. The lowest BCUT2D eigenvalue weighted by atomic mass is 10.1. The third-order valence-corrected chi connectivity index (χ3v) is 7.91. The molecule has 3 aromatic rings. The van der Waals surface area contributed by atoms with Gasteiger partial charge in [0.05, 0.1) is 28.8 Å². The fourth-order valence-electron chi connectivity index (χ4n) is 4.64. The number of carbonyl (C=O) groups is 1. The highest BCUT2D eigenvalue weighted by Crippen LogP contribution is 2.33. The Morgan fingerprint density at radius 2 is 1.84 bits per heavy atom. The zero-order chi connectivity index (χ0) is 21.8. The van der Waals surface area contributed by atoms with E-state index < -0.39 is 9.84 Å². The second-order valence-corrected chi connectivity index (χ2v) is 10.5. The van der Waals surface area contributed by atoms with Crippen molar-refractivity contribution >= 4 is 26.8 Å². The number of imidazole rings is 1. The quantitative estimate of drug-likeness (QED) is 0.622. The van der Waals surface area contributed by atoms with E-state index in [-0.39, 0.29) is 35.0 Å². The van der Waals surface area contributed by atoms with Crippen LogP contribution in [0, 0.1) is 12.7 Å². The average Bonchev–Trinajstić information content (AvgIpc) is 3.45. The lowest BCUT2D eigenvalue weighted by molar-refractivity contribution is 0.0789. The van der Waals surface area contributed by atoms with Crippen molar-refractivity contribution in [2.45, 2.75) is 32.2 Å². The van der Waals surface area contributed by atoms with Gasteiger partial charge in [-0.05, 0) is 56.5 Å². The number of aromatic nitrogens is 3. The Hall–Kier alpha value is -2.81. The van der Waals surface area contributed by atoms with Gasteiger partial charge in [0.1, 0.15) is 17.2 Å². The molecule has 2 fully saturated rings. The van der Waals surface area contributed by atoms with Crippen LogP contribution in [-0.4, -0.2) is 58.4 Å². The molecule has 0 spiro atoms. The summed E-state index contributed by atoms with van der Waals surface area (Å²) in [7, 11) is -3.09. The zero-order valence-electron chi connectivity index (χ0n) is 17.2. The lowest BCUT2D eigenvalue weighted by Crippen LogP contribution is -2.28. The fraction of sp³-hybridized carbons (Fsp3) is 0.409. The Labute approximate surface area is 179 Å². The Morgan fingerprint density at radius 3 is 2.48 bits per heavy atom. The zero-order valence-corrected chi connectivity index (χ0v) is 18.0. The SMILES string of the molecule is Cc1nc2c(C(=O)N3CCCC3)nc(-c3ccc(F)cc3)cc2n1C1CCS(=O)(=O)C1. The molecule has 1 amide bonds. The number of benzene rings is 1. The Kier molecular flexibility index (Phi) is 4.80. The summed E-state index contributed by atoms with van der Waals surface area (Å²) in [6.07, 6.45) is 2.43. The van der Waals surface area contributed by atoms with Crippen LogP contribution in [0.15, 0.2) is 30.3 Å². The number of pyridine rings is 1. The summed E-state index contributed by atoms with van der Waals surface area (Å²) < 4.78 is 39.6. The highest BCUT2D eigenvalue weighted by atomic mass is 32.2. The van der Waals surface area contributed by atoms with E-state index in [4.69, 9.17) is 0 Å². The number of rotatable bonds is 3. The average molecular weight is 443 g/mol. The second kappa shape index (κ2) is 7.40. The monoisotopic (exact) mass is 442 g/mol. The number of carbonyl (C=O) groups excluding carboxylic acids is 1. The lowest BCUT2D eigenvalue weighted by Gasteiger charge is -2.17. The van der Waals surface area contributed by atoms with Gasteiger partial charge in [-0.3, -0.25) is 4.79 Å². The topological polar surface area (TPSA) is 85.2 Å². The first kappa shape index (κ1) is 20.1. The van der Waals surface area contributed by atoms with E-state index in [0.717, 1.165) is 12.8 Å². The van der Waals surface area contributed by atoms with Crippen LogP contribution in [0.5, 0.6) is 0 Å². The summed E-state index contributed by atoms with van der Waals surface area (Å²) in [5.41, 5.74) is 2.67. The molecule has 31 heavy (non-hydrogen) atoms. The van der Waals surface area contributed by atoms with Gasteiger partial charge in [-0.25, -0.2) is 22.8 Å². The van der Waals surface area contributed by atoms with Crippen LogP contribution in [0.25, 0.3) is 22.3 Å². The molecule has 2 aromatic heterocycles. The van der Waals surface area contributed by atoms with Gasteiger partial charge in [0.25, 0.3) is 5.91 Å². The van der Waals surface area contributed by atoms with E-state index in [9.17, 15) is 17.6 Å². The highest BCUT2D eigenvalue weighted by Gasteiger charge is 2.33. The number of nitrogens with zero attached hydrogens (tertiary/aromatic N) is 4. The Balaban J connectivity index is 1.71. The van der Waals surface area contributed by atoms with Crippen LogP contribution in [0.4, 0.5) is 4.39 Å². The highest BCUT2D eigenvalue weighted by molar-refractivity contribution is 7.91. The first-order chi connectivity index (χ1) is 14.8. The van der Waals surface area contributed by atoms with Crippen molar-refractivity contribution in [1.29, 1.82) is 0 Å². The molecule has 0 N–H and O–H groups in total. The van der Waals surface area contributed by atoms with Crippen molar-refractivity contribution in [3.8, 4) is 11.3 Å². The smallest absolute Gasteiger partial charge is 0.274 e. The number of hydrogen-bond donors (Lipinski definition) is 0. The van der Waals surface area contributed by atoms with E-state index in [2.05, 4.69) is 9.97 Å². The molecule has 0 saturated carbocycles. The number of halogens is 1. The Bertz CT molecular complexity index is 1280. The summed E-state index contributed by atoms with van der Waals surface area (Å²) >= 11 is 0. The Morgan fingerprint density at radius 1 is 1.13 bits per heavy atom. The summed E-state index contributed by atoms with van der Waals surface area (Å²) in [5.74, 6) is 0.339. The third-order valence-electron chi connectivity index (χ3n) is 6.16. The largest absolute Gasteiger partial charge is 0.337 e. The fourth-order valence-corrected chi connectivity index (χ4v) is 6.34. The first-order valence-electron chi connectivity index (χ1n) is 10.5. The maximum absolute atomic E-state index is 13.5. The van der Waals surface area contributed by atoms with E-state index in [0.29, 0.717) is 47.6 Å². The van der Waals surface area contributed by atoms with Crippen LogP contribution in [0.2, 0.25) is 0 Å². The van der Waals surface area contributed by atoms with Gasteiger partial charge in [0, 0.05) is 18.7 Å². The van der Waals surface area contributed by atoms with Gasteiger partial charge < -0.3 is 9.47 Å². The number of sulfone groups is 1. The van der Waals surface area contributed by atoms with Gasteiger partial charge in [0.15, 0.2) is 15.5 Å². The number of fused-ring (bicyclic) bond motifs is 1. The van der Waals surface area contributed by atoms with Crippen LogP contribution in [-0.2, 0) is 9.84 Å². The maximum Gasteiger partial charge on any atom is 0.274 e. The standard InChI is InChI=1S/C22H23FN4O3S/c1-14-24-20-19(27(14)17-8-11-31(29,30)13-17)12-18(15-4-6-16(23)7-5-15)25-21(20)22(28)26-9-2-3-10-26/h4-7,12,17H,2-3,8-11,13H2,1H3. The molecule has 0 bridgehead atoms. The molecule has 162 valence electrons. The second-order valence-electron chi connectivity index (χ2n) is 8.32. The van der Waals surface area contributed by atoms with Gasteiger partial charge in [-0.1, -0.05) is 0 Å². The van der Waals surface area contributed by atoms with E-state index in [1.807, 2.05) is 17.6 Å². The molecule has 2 aliphatic heterocycles. The maximum atomic E-state index is 13.5. The van der Waals surface area contributed by atoms with Gasteiger partial charge in [-0.15, -0.1) is 0 Å². The molecule has 5 rings (SSSR count). The predicted octanol–water partition coefficient (Wildman–Crippen LogP) is 3.14. The van der Waals surface area contributed by atoms with Gasteiger partial charge in [0.2, 0.25) is 0 Å². The van der Waals surface area contributed by atoms with Crippen molar-refractivity contribution in [3.05, 3.63) is 47.7 Å². The molecule has 1 atom stereocenters. The van der Waals surface area contributed by atoms with Crippen molar-refractivity contribution < 1.29 is 17.6 Å². The first-order valence-corrected chi connectivity index (χ1v) is 12.3. The van der Waals surface area contributed by atoms with Crippen molar-refractivity contribution in [2.75, 3.05) is 24.6 Å². The molecular formula is C22H23FN4O3S. The van der Waals surface area contributed by atoms with Crippen LogP contribution in [0.1, 0.15) is 41.6 Å². The molecule has 1 aromatic carbocycles. The number of aryl methyl sites for hydroxylation is 1. The molecule has 7 nitrogen and oxygen atoms in total. The summed E-state index contributed by atoms with van der Waals surface area (Å²) in [6.45, 7) is 3.19. The number of hydrogen-bond acceptors (Lipinski definition) is 5. The molecule has 4 heterocycles. The summed E-state index contributed by atoms with van der Waals surface area (Å²) in [5, 5.41) is 0. The van der Waals surface area contributed by atoms with Crippen molar-refractivity contribution in [2.24, 2.45) is 0 Å². The number of amides is 1. The summed E-state index contributed by atoms with van der Waals surface area (Å²) in [6, 6.07) is 7.56. The molecule has 1 unspecified atom stereocenters. The normalized spacial score (nSPS) is 20.6. The van der Waals surface area contributed by atoms with Gasteiger partial charge in [-0.2, -0.15) is 0 Å². The molecule has 0 radical (unpaired) electrons. The minimum atomic E-state index is -3.09. The number of likely N-dealkylation sites (tertiary alicyclic amines) is 1. The minimum absolute atomic E-state index is 0.0584. The van der Waals surface area contributed by atoms with Crippen LogP contribution < -0.4 is 0 Å². The third kappa shape index (κ3) is 3.60. The molecule has 2 saturated heterocycles. The molecule has 0 aliphatic carbocycles. The van der Waals surface area contributed by atoms with Crippen LogP contribution in [0.3, 0.4) is 0 Å². The molecular weight excluding hydrogens is 419 g/mol. The molecule has 9 heteroatoms. The van der Waals surface area contributed by atoms with Crippen LogP contribution >= 0.6 is 0 Å². The minimum Gasteiger partial charge on any atom is -0.337 e. The van der Waals surface area contributed by atoms with Crippen molar-refractivity contribution in [3.63, 3.8) is 0 Å². The van der Waals surface area contributed by atoms with E-state index in [1.165, 1.54) is 12.1 Å². The van der Waals surface area contributed by atoms with E-state index >= 15 is 0 Å².